The first-order valence-corrected chi connectivity index (χ1v) is 7.64. The summed E-state index contributed by atoms with van der Waals surface area (Å²) < 4.78 is 0. The van der Waals surface area contributed by atoms with Gasteiger partial charge in [0.2, 0.25) is 0 Å². The van der Waals surface area contributed by atoms with Gasteiger partial charge in [-0.05, 0) is 32.2 Å². The number of fused-ring (bicyclic) bond motifs is 1. The second-order valence-electron chi connectivity index (χ2n) is 6.66. The smallest absolute Gasteiger partial charge is 0.136 e. The number of aromatic nitrogens is 2. The van der Waals surface area contributed by atoms with Crippen molar-refractivity contribution in [1.29, 1.82) is 0 Å². The minimum absolute atomic E-state index is 0.474. The molecule has 5 heteroatoms. The molecule has 4 rings (SSSR count). The lowest BCUT2D eigenvalue weighted by molar-refractivity contribution is 0.0400. The fraction of sp³-hybridized carbons (Fsp3) is 0.733. The third-order valence-electron chi connectivity index (χ3n) is 5.09. The SMILES string of the molecule is CN1CCc2ncnc(N3CCC(O)(C4CC4)C3)c2C1. The van der Waals surface area contributed by atoms with Crippen molar-refractivity contribution in [1.82, 2.24) is 14.9 Å². The zero-order valence-corrected chi connectivity index (χ0v) is 12.0. The Kier molecular flexibility index (Phi) is 2.76. The van der Waals surface area contributed by atoms with Gasteiger partial charge in [0.05, 0.1) is 11.3 Å². The van der Waals surface area contributed by atoms with Crippen LogP contribution >= 0.6 is 0 Å². The van der Waals surface area contributed by atoms with Crippen LogP contribution in [0.15, 0.2) is 6.33 Å². The molecule has 1 N–H and O–H groups in total. The predicted octanol–water partition coefficient (Wildman–Crippen LogP) is 0.816. The van der Waals surface area contributed by atoms with Crippen LogP contribution in [0.1, 0.15) is 30.5 Å². The maximum absolute atomic E-state index is 10.7. The molecule has 0 bridgehead atoms. The summed E-state index contributed by atoms with van der Waals surface area (Å²) in [7, 11) is 2.14. The van der Waals surface area contributed by atoms with Gasteiger partial charge in [0.15, 0.2) is 0 Å². The Hall–Kier alpha value is -1.20. The van der Waals surface area contributed by atoms with Gasteiger partial charge >= 0.3 is 0 Å². The van der Waals surface area contributed by atoms with Gasteiger partial charge in [-0.2, -0.15) is 0 Å². The number of hydrogen-bond donors (Lipinski definition) is 1. The lowest BCUT2D eigenvalue weighted by Crippen LogP contribution is -2.37. The predicted molar refractivity (Wildman–Crippen MR) is 76.6 cm³/mol. The largest absolute Gasteiger partial charge is 0.388 e. The van der Waals surface area contributed by atoms with E-state index in [0.29, 0.717) is 5.92 Å². The highest BCUT2D eigenvalue weighted by Gasteiger charge is 2.48. The molecule has 3 aliphatic rings. The standard InChI is InChI=1S/C15H22N4O/c1-18-6-4-13-12(8-18)14(17-10-16-13)19-7-5-15(20,9-19)11-2-3-11/h10-11,20H,2-9H2,1H3. The minimum atomic E-state index is -0.474. The number of anilines is 1. The van der Waals surface area contributed by atoms with Crippen molar-refractivity contribution in [2.75, 3.05) is 31.6 Å². The highest BCUT2D eigenvalue weighted by atomic mass is 16.3. The fourth-order valence-corrected chi connectivity index (χ4v) is 3.69. The van der Waals surface area contributed by atoms with Crippen LogP contribution in [0, 0.1) is 5.92 Å². The van der Waals surface area contributed by atoms with Crippen LogP contribution in [-0.4, -0.2) is 52.3 Å². The first kappa shape index (κ1) is 12.5. The van der Waals surface area contributed by atoms with Crippen LogP contribution < -0.4 is 4.90 Å². The maximum Gasteiger partial charge on any atom is 0.136 e. The number of rotatable bonds is 2. The number of aliphatic hydroxyl groups is 1. The van der Waals surface area contributed by atoms with Crippen molar-refractivity contribution in [3.8, 4) is 0 Å². The van der Waals surface area contributed by atoms with E-state index in [1.165, 1.54) is 24.1 Å². The summed E-state index contributed by atoms with van der Waals surface area (Å²) in [5.41, 5.74) is 1.98. The van der Waals surface area contributed by atoms with Gasteiger partial charge in [-0.3, -0.25) is 0 Å². The summed E-state index contributed by atoms with van der Waals surface area (Å²) in [6, 6.07) is 0. The fourth-order valence-electron chi connectivity index (χ4n) is 3.69. The first-order valence-electron chi connectivity index (χ1n) is 7.64. The van der Waals surface area contributed by atoms with Crippen molar-refractivity contribution in [3.05, 3.63) is 17.6 Å². The Morgan fingerprint density at radius 1 is 1.30 bits per heavy atom. The second kappa shape index (κ2) is 4.40. The Morgan fingerprint density at radius 3 is 2.95 bits per heavy atom. The lowest BCUT2D eigenvalue weighted by atomic mass is 9.97. The van der Waals surface area contributed by atoms with E-state index < -0.39 is 5.60 Å². The molecule has 2 fully saturated rings. The van der Waals surface area contributed by atoms with Crippen molar-refractivity contribution in [2.45, 2.75) is 37.8 Å². The third-order valence-corrected chi connectivity index (χ3v) is 5.09. The normalized spacial score (nSPS) is 30.6. The molecule has 1 unspecified atom stereocenters. The van der Waals surface area contributed by atoms with Gasteiger partial charge in [0.1, 0.15) is 12.1 Å². The molecule has 1 aliphatic carbocycles. The summed E-state index contributed by atoms with van der Waals surface area (Å²) in [5.74, 6) is 1.57. The molecule has 0 radical (unpaired) electrons. The average Bonchev–Trinajstić information content (AvgIpc) is 3.23. The summed E-state index contributed by atoms with van der Waals surface area (Å²) >= 11 is 0. The van der Waals surface area contributed by atoms with E-state index in [-0.39, 0.29) is 0 Å². The molecule has 20 heavy (non-hydrogen) atoms. The first-order chi connectivity index (χ1) is 9.66. The van der Waals surface area contributed by atoms with E-state index in [9.17, 15) is 5.11 Å². The molecule has 1 atom stereocenters. The number of likely N-dealkylation sites (N-methyl/N-ethyl adjacent to an activating group) is 1. The van der Waals surface area contributed by atoms with E-state index >= 15 is 0 Å². The molecule has 0 spiro atoms. The van der Waals surface area contributed by atoms with Crippen LogP contribution in [-0.2, 0) is 13.0 Å². The molecule has 5 nitrogen and oxygen atoms in total. The van der Waals surface area contributed by atoms with Crippen LogP contribution in [0.3, 0.4) is 0 Å². The molecule has 0 amide bonds. The van der Waals surface area contributed by atoms with Crippen LogP contribution in [0.2, 0.25) is 0 Å². The van der Waals surface area contributed by atoms with Gasteiger partial charge < -0.3 is 14.9 Å². The number of β-amino-alcohol motifs (C(OH)–C–C–N with tert-alkyl or cyclic N) is 1. The molecule has 1 aromatic heterocycles. The van der Waals surface area contributed by atoms with Gasteiger partial charge in [-0.15, -0.1) is 0 Å². The van der Waals surface area contributed by atoms with E-state index in [1.54, 1.807) is 6.33 Å². The van der Waals surface area contributed by atoms with Crippen LogP contribution in [0.4, 0.5) is 5.82 Å². The minimum Gasteiger partial charge on any atom is -0.388 e. The van der Waals surface area contributed by atoms with Crippen molar-refractivity contribution < 1.29 is 5.11 Å². The van der Waals surface area contributed by atoms with E-state index in [1.807, 2.05) is 0 Å². The van der Waals surface area contributed by atoms with Gasteiger partial charge in [0, 0.05) is 38.2 Å². The molecule has 108 valence electrons. The molecular formula is C15H22N4O. The summed E-state index contributed by atoms with van der Waals surface area (Å²) in [6.07, 6.45) is 5.95. The number of hydrogen-bond acceptors (Lipinski definition) is 5. The Labute approximate surface area is 119 Å². The second-order valence-corrected chi connectivity index (χ2v) is 6.66. The lowest BCUT2D eigenvalue weighted by Gasteiger charge is -2.29. The monoisotopic (exact) mass is 274 g/mol. The molecule has 2 aliphatic heterocycles. The van der Waals surface area contributed by atoms with Crippen molar-refractivity contribution in [2.24, 2.45) is 5.92 Å². The topological polar surface area (TPSA) is 52.5 Å². The Bertz CT molecular complexity index is 531. The van der Waals surface area contributed by atoms with Crippen molar-refractivity contribution >= 4 is 5.82 Å². The zero-order valence-electron chi connectivity index (χ0n) is 12.0. The van der Waals surface area contributed by atoms with E-state index in [0.717, 1.165) is 44.8 Å². The Balaban J connectivity index is 1.63. The van der Waals surface area contributed by atoms with Crippen molar-refractivity contribution in [3.63, 3.8) is 0 Å². The molecule has 1 aromatic rings. The quantitative estimate of drug-likeness (QED) is 0.865. The highest BCUT2D eigenvalue weighted by molar-refractivity contribution is 5.51. The molecule has 0 aromatic carbocycles. The van der Waals surface area contributed by atoms with Gasteiger partial charge in [0.25, 0.3) is 0 Å². The molecule has 1 saturated carbocycles. The van der Waals surface area contributed by atoms with E-state index in [4.69, 9.17) is 0 Å². The zero-order chi connectivity index (χ0) is 13.7. The average molecular weight is 274 g/mol. The number of nitrogens with zero attached hydrogens (tertiary/aromatic N) is 4. The third kappa shape index (κ3) is 2.00. The van der Waals surface area contributed by atoms with Gasteiger partial charge in [-0.1, -0.05) is 0 Å². The van der Waals surface area contributed by atoms with Gasteiger partial charge in [-0.25, -0.2) is 9.97 Å². The summed E-state index contributed by atoms with van der Waals surface area (Å²) in [6.45, 7) is 3.64. The van der Waals surface area contributed by atoms with Crippen LogP contribution in [0.5, 0.6) is 0 Å². The van der Waals surface area contributed by atoms with E-state index in [2.05, 4.69) is 26.8 Å². The van der Waals surface area contributed by atoms with Crippen LogP contribution in [0.25, 0.3) is 0 Å². The Morgan fingerprint density at radius 2 is 2.15 bits per heavy atom. The molecular weight excluding hydrogens is 252 g/mol. The highest BCUT2D eigenvalue weighted by Crippen LogP contribution is 2.45. The molecule has 3 heterocycles. The summed E-state index contributed by atoms with van der Waals surface area (Å²) in [4.78, 5) is 13.6. The maximum atomic E-state index is 10.7. The molecule has 1 saturated heterocycles. The summed E-state index contributed by atoms with van der Waals surface area (Å²) in [5, 5.41) is 10.7.